The molecule has 0 bridgehead atoms. The molecule has 1 saturated heterocycles. The van der Waals surface area contributed by atoms with Crippen LogP contribution in [0.15, 0.2) is 52.0 Å². The highest BCUT2D eigenvalue weighted by atomic mass is 32.2. The lowest BCUT2D eigenvalue weighted by atomic mass is 10.2. The van der Waals surface area contributed by atoms with Crippen LogP contribution in [-0.4, -0.2) is 43.2 Å². The van der Waals surface area contributed by atoms with Crippen LogP contribution in [0.5, 0.6) is 0 Å². The largest absolute Gasteiger partial charge is 0.467 e. The van der Waals surface area contributed by atoms with Crippen molar-refractivity contribution in [1.82, 2.24) is 9.21 Å². The minimum Gasteiger partial charge on any atom is -0.467 e. The Morgan fingerprint density at radius 1 is 1.28 bits per heavy atom. The monoisotopic (exact) mass is 362 g/mol. The van der Waals surface area contributed by atoms with Gasteiger partial charge in [0.25, 0.3) is 0 Å². The van der Waals surface area contributed by atoms with Gasteiger partial charge in [0, 0.05) is 13.6 Å². The zero-order chi connectivity index (χ0) is 18.0. The zero-order valence-corrected chi connectivity index (χ0v) is 15.2. The lowest BCUT2D eigenvalue weighted by Crippen LogP contribution is -2.46. The van der Waals surface area contributed by atoms with E-state index < -0.39 is 16.1 Å². The Morgan fingerprint density at radius 3 is 2.64 bits per heavy atom. The Kier molecular flexibility index (Phi) is 4.96. The van der Waals surface area contributed by atoms with Gasteiger partial charge in [-0.2, -0.15) is 4.31 Å². The van der Waals surface area contributed by atoms with Crippen molar-refractivity contribution in [1.29, 1.82) is 0 Å². The molecule has 1 aromatic carbocycles. The Morgan fingerprint density at radius 2 is 2.00 bits per heavy atom. The second-order valence-corrected chi connectivity index (χ2v) is 8.25. The van der Waals surface area contributed by atoms with Crippen LogP contribution in [0.3, 0.4) is 0 Å². The normalized spacial score (nSPS) is 18.4. The Bertz CT molecular complexity index is 828. The van der Waals surface area contributed by atoms with Crippen LogP contribution in [-0.2, 0) is 21.4 Å². The number of hydrogen-bond donors (Lipinski definition) is 0. The summed E-state index contributed by atoms with van der Waals surface area (Å²) in [5, 5.41) is 0. The molecule has 1 aliphatic rings. The van der Waals surface area contributed by atoms with Gasteiger partial charge < -0.3 is 9.32 Å². The topological polar surface area (TPSA) is 70.8 Å². The average Bonchev–Trinajstić information content (AvgIpc) is 3.26. The summed E-state index contributed by atoms with van der Waals surface area (Å²) in [6.45, 7) is 2.59. The molecule has 25 heavy (non-hydrogen) atoms. The first kappa shape index (κ1) is 17.7. The second-order valence-electron chi connectivity index (χ2n) is 6.36. The first-order valence-corrected chi connectivity index (χ1v) is 9.69. The highest BCUT2D eigenvalue weighted by molar-refractivity contribution is 7.89. The van der Waals surface area contributed by atoms with Crippen molar-refractivity contribution in [3.8, 4) is 0 Å². The van der Waals surface area contributed by atoms with Crippen LogP contribution in [0.1, 0.15) is 24.2 Å². The maximum atomic E-state index is 12.9. The van der Waals surface area contributed by atoms with Crippen molar-refractivity contribution < 1.29 is 17.6 Å². The predicted molar refractivity (Wildman–Crippen MR) is 93.3 cm³/mol. The highest BCUT2D eigenvalue weighted by Gasteiger charge is 2.40. The van der Waals surface area contributed by atoms with Gasteiger partial charge in [-0.15, -0.1) is 0 Å². The van der Waals surface area contributed by atoms with Crippen LogP contribution in [0.4, 0.5) is 0 Å². The van der Waals surface area contributed by atoms with Crippen molar-refractivity contribution in [2.45, 2.75) is 37.2 Å². The van der Waals surface area contributed by atoms with Gasteiger partial charge in [0.15, 0.2) is 0 Å². The Balaban J connectivity index is 1.79. The molecule has 0 saturated carbocycles. The van der Waals surface area contributed by atoms with Gasteiger partial charge in [0.05, 0.1) is 17.7 Å². The summed E-state index contributed by atoms with van der Waals surface area (Å²) in [5.74, 6) is 0.464. The van der Waals surface area contributed by atoms with Gasteiger partial charge in [0.1, 0.15) is 11.8 Å². The van der Waals surface area contributed by atoms with Crippen molar-refractivity contribution in [3.05, 3.63) is 54.0 Å². The average molecular weight is 362 g/mol. The van der Waals surface area contributed by atoms with Crippen LogP contribution in [0.2, 0.25) is 0 Å². The number of likely N-dealkylation sites (N-methyl/N-ethyl adjacent to an activating group) is 1. The molecule has 3 rings (SSSR count). The molecule has 2 heterocycles. The fourth-order valence-corrected chi connectivity index (χ4v) is 4.74. The molecule has 134 valence electrons. The number of hydrogen-bond acceptors (Lipinski definition) is 4. The molecule has 2 aromatic rings. The summed E-state index contributed by atoms with van der Waals surface area (Å²) < 4.78 is 32.5. The zero-order valence-electron chi connectivity index (χ0n) is 14.4. The third kappa shape index (κ3) is 3.62. The number of rotatable bonds is 5. The maximum absolute atomic E-state index is 12.9. The highest BCUT2D eigenvalue weighted by Crippen LogP contribution is 2.27. The molecule has 0 aliphatic carbocycles. The quantitative estimate of drug-likeness (QED) is 0.819. The standard InChI is InChI=1S/C18H22N2O4S/c1-14-7-9-16(10-8-14)25(22,23)20-11-3-6-17(20)18(21)19(2)13-15-5-4-12-24-15/h4-5,7-10,12,17H,3,6,11,13H2,1-2H3/t17-/m0/s1. The van der Waals surface area contributed by atoms with Gasteiger partial charge in [-0.1, -0.05) is 17.7 Å². The van der Waals surface area contributed by atoms with E-state index in [1.807, 2.05) is 6.92 Å². The van der Waals surface area contributed by atoms with Gasteiger partial charge in [-0.05, 0) is 44.0 Å². The molecule has 0 unspecified atom stereocenters. The first-order valence-electron chi connectivity index (χ1n) is 8.25. The lowest BCUT2D eigenvalue weighted by molar-refractivity contribution is -0.134. The van der Waals surface area contributed by atoms with E-state index in [2.05, 4.69) is 0 Å². The molecule has 6 nitrogen and oxygen atoms in total. The van der Waals surface area contributed by atoms with Gasteiger partial charge in [0.2, 0.25) is 15.9 Å². The van der Waals surface area contributed by atoms with E-state index in [0.717, 1.165) is 5.56 Å². The molecule has 0 spiro atoms. The van der Waals surface area contributed by atoms with E-state index in [1.54, 1.807) is 49.7 Å². The maximum Gasteiger partial charge on any atom is 0.243 e. The summed E-state index contributed by atoms with van der Waals surface area (Å²) in [7, 11) is -2.02. The third-order valence-electron chi connectivity index (χ3n) is 4.47. The molecule has 1 aliphatic heterocycles. The van der Waals surface area contributed by atoms with Crippen molar-refractivity contribution in [2.75, 3.05) is 13.6 Å². The smallest absolute Gasteiger partial charge is 0.243 e. The number of sulfonamides is 1. The number of carbonyl (C=O) groups is 1. The van der Waals surface area contributed by atoms with Gasteiger partial charge in [-0.25, -0.2) is 8.42 Å². The van der Waals surface area contributed by atoms with E-state index in [1.165, 1.54) is 9.21 Å². The third-order valence-corrected chi connectivity index (χ3v) is 6.39. The van der Waals surface area contributed by atoms with Crippen LogP contribution in [0.25, 0.3) is 0 Å². The first-order chi connectivity index (χ1) is 11.9. The minimum absolute atomic E-state index is 0.204. The fraction of sp³-hybridized carbons (Fsp3) is 0.389. The van der Waals surface area contributed by atoms with Crippen LogP contribution < -0.4 is 0 Å². The van der Waals surface area contributed by atoms with Crippen molar-refractivity contribution in [2.24, 2.45) is 0 Å². The van der Waals surface area contributed by atoms with Gasteiger partial charge >= 0.3 is 0 Å². The molecular weight excluding hydrogens is 340 g/mol. The van der Waals surface area contributed by atoms with Crippen LogP contribution in [0, 0.1) is 6.92 Å². The molecule has 0 radical (unpaired) electrons. The lowest BCUT2D eigenvalue weighted by Gasteiger charge is -2.27. The molecule has 1 aromatic heterocycles. The van der Waals surface area contributed by atoms with Crippen molar-refractivity contribution in [3.63, 3.8) is 0 Å². The van der Waals surface area contributed by atoms with E-state index >= 15 is 0 Å². The SMILES string of the molecule is Cc1ccc(S(=O)(=O)N2CCC[C@H]2C(=O)N(C)Cc2ccco2)cc1. The van der Waals surface area contributed by atoms with E-state index in [0.29, 0.717) is 31.7 Å². The summed E-state index contributed by atoms with van der Waals surface area (Å²) >= 11 is 0. The summed E-state index contributed by atoms with van der Waals surface area (Å²) in [6, 6.07) is 9.61. The molecular formula is C18H22N2O4S. The number of nitrogens with zero attached hydrogens (tertiary/aromatic N) is 2. The fourth-order valence-electron chi connectivity index (χ4n) is 3.09. The van der Waals surface area contributed by atoms with E-state index in [9.17, 15) is 13.2 Å². The number of benzene rings is 1. The molecule has 1 atom stereocenters. The molecule has 0 N–H and O–H groups in total. The minimum atomic E-state index is -3.68. The van der Waals surface area contributed by atoms with E-state index in [-0.39, 0.29) is 10.8 Å². The second kappa shape index (κ2) is 7.01. The summed E-state index contributed by atoms with van der Waals surface area (Å²) in [5.41, 5.74) is 0.992. The summed E-state index contributed by atoms with van der Waals surface area (Å²) in [6.07, 6.45) is 2.76. The number of furan rings is 1. The Hall–Kier alpha value is -2.12. The number of carbonyl (C=O) groups excluding carboxylic acids is 1. The van der Waals surface area contributed by atoms with Crippen molar-refractivity contribution >= 4 is 15.9 Å². The predicted octanol–water partition coefficient (Wildman–Crippen LogP) is 2.40. The number of aryl methyl sites for hydroxylation is 1. The van der Waals surface area contributed by atoms with Crippen LogP contribution >= 0.6 is 0 Å². The summed E-state index contributed by atoms with van der Waals surface area (Å²) in [4.78, 5) is 14.5. The van der Waals surface area contributed by atoms with Gasteiger partial charge in [-0.3, -0.25) is 4.79 Å². The van der Waals surface area contributed by atoms with E-state index in [4.69, 9.17) is 4.42 Å². The Labute approximate surface area is 148 Å². The molecule has 1 fully saturated rings. The molecule has 1 amide bonds. The number of amides is 1. The molecule has 7 heteroatoms.